The molecule has 0 aliphatic carbocycles. The summed E-state index contributed by atoms with van der Waals surface area (Å²) in [5, 5.41) is 13.8. The number of aliphatic hydroxyl groups excluding tert-OH is 1. The maximum absolute atomic E-state index is 13.5. The minimum atomic E-state index is -0.353. The van der Waals surface area contributed by atoms with Gasteiger partial charge in [-0.3, -0.25) is 9.48 Å². The molecule has 0 fully saturated rings. The fourth-order valence-electron chi connectivity index (χ4n) is 3.59. The summed E-state index contributed by atoms with van der Waals surface area (Å²) >= 11 is 0. The first kappa shape index (κ1) is 18.5. The molecule has 26 heavy (non-hydrogen) atoms. The van der Waals surface area contributed by atoms with Crippen molar-refractivity contribution in [2.75, 3.05) is 13.2 Å². The highest BCUT2D eigenvalue weighted by Crippen LogP contribution is 2.32. The van der Waals surface area contributed by atoms with Crippen LogP contribution < -0.4 is 0 Å². The molecular weight excluding hydrogens is 337 g/mol. The number of rotatable bonds is 5. The predicted molar refractivity (Wildman–Crippen MR) is 94.1 cm³/mol. The number of amides is 1. The number of carbonyl (C=O) groups is 1. The molecule has 0 bridgehead atoms. The fraction of sp³-hybridized carbons (Fsp3) is 0.474. The Morgan fingerprint density at radius 1 is 1.46 bits per heavy atom. The van der Waals surface area contributed by atoms with Crippen molar-refractivity contribution in [2.24, 2.45) is 7.05 Å². The van der Waals surface area contributed by atoms with Crippen molar-refractivity contribution < 1.29 is 19.0 Å². The van der Waals surface area contributed by atoms with Crippen LogP contribution in [0.5, 0.6) is 0 Å². The Bertz CT molecular complexity index is 805. The van der Waals surface area contributed by atoms with Gasteiger partial charge in [0.1, 0.15) is 5.82 Å². The molecule has 1 aliphatic heterocycles. The first-order valence-electron chi connectivity index (χ1n) is 8.76. The zero-order valence-corrected chi connectivity index (χ0v) is 15.3. The van der Waals surface area contributed by atoms with Crippen LogP contribution in [0.25, 0.3) is 0 Å². The molecule has 2 atom stereocenters. The number of halogens is 1. The van der Waals surface area contributed by atoms with E-state index in [0.29, 0.717) is 17.7 Å². The van der Waals surface area contributed by atoms with E-state index in [-0.39, 0.29) is 43.6 Å². The Labute approximate surface area is 152 Å². The largest absolute Gasteiger partial charge is 0.395 e. The summed E-state index contributed by atoms with van der Waals surface area (Å²) in [4.78, 5) is 14.6. The SMILES string of the molecule is C[C@@H]1Cc2c(C(=O)N(CCO)Cc3cccc(F)c3)nn(C)c2[C@H](C)O1. The molecule has 3 rings (SSSR count). The van der Waals surface area contributed by atoms with E-state index in [2.05, 4.69) is 5.10 Å². The van der Waals surface area contributed by atoms with Gasteiger partial charge in [0.25, 0.3) is 5.91 Å². The first-order valence-corrected chi connectivity index (χ1v) is 8.76. The number of aromatic nitrogens is 2. The van der Waals surface area contributed by atoms with Crippen LogP contribution in [0.2, 0.25) is 0 Å². The Kier molecular flexibility index (Phi) is 5.38. The van der Waals surface area contributed by atoms with Crippen molar-refractivity contribution in [3.8, 4) is 0 Å². The normalized spacial score (nSPS) is 19.3. The number of nitrogens with zero attached hydrogens (tertiary/aromatic N) is 3. The second-order valence-corrected chi connectivity index (χ2v) is 6.71. The molecule has 1 aromatic carbocycles. The standard InChI is InChI=1S/C19H24FN3O3/c1-12-9-16-17(21-22(3)18(16)13(2)26-12)19(25)23(7-8-24)11-14-5-4-6-15(20)10-14/h4-6,10,12-13,24H,7-9,11H2,1-3H3/t12-,13+/m1/s1. The minimum absolute atomic E-state index is 0.00256. The van der Waals surface area contributed by atoms with Crippen LogP contribution in [0.1, 0.15) is 47.3 Å². The first-order chi connectivity index (χ1) is 12.4. The molecule has 0 saturated heterocycles. The maximum Gasteiger partial charge on any atom is 0.275 e. The van der Waals surface area contributed by atoms with E-state index in [1.807, 2.05) is 13.8 Å². The third-order valence-corrected chi connectivity index (χ3v) is 4.63. The molecule has 0 saturated carbocycles. The second-order valence-electron chi connectivity index (χ2n) is 6.71. The topological polar surface area (TPSA) is 67.6 Å². The molecule has 140 valence electrons. The van der Waals surface area contributed by atoms with Crippen LogP contribution in [-0.2, 0) is 24.8 Å². The van der Waals surface area contributed by atoms with E-state index in [4.69, 9.17) is 4.74 Å². The van der Waals surface area contributed by atoms with Crippen LogP contribution in [0.4, 0.5) is 4.39 Å². The molecule has 0 radical (unpaired) electrons. The van der Waals surface area contributed by atoms with E-state index in [1.165, 1.54) is 17.0 Å². The molecule has 6 nitrogen and oxygen atoms in total. The van der Waals surface area contributed by atoms with Crippen molar-refractivity contribution in [3.63, 3.8) is 0 Å². The van der Waals surface area contributed by atoms with Gasteiger partial charge in [0.05, 0.1) is 24.5 Å². The third kappa shape index (κ3) is 3.64. The Morgan fingerprint density at radius 2 is 2.23 bits per heavy atom. The van der Waals surface area contributed by atoms with Gasteiger partial charge >= 0.3 is 0 Å². The summed E-state index contributed by atoms with van der Waals surface area (Å²) in [6, 6.07) is 6.12. The summed E-state index contributed by atoms with van der Waals surface area (Å²) in [6.07, 6.45) is 0.478. The lowest BCUT2D eigenvalue weighted by Gasteiger charge is -2.27. The van der Waals surface area contributed by atoms with Gasteiger partial charge in [-0.25, -0.2) is 4.39 Å². The molecule has 1 N–H and O–H groups in total. The third-order valence-electron chi connectivity index (χ3n) is 4.63. The maximum atomic E-state index is 13.5. The van der Waals surface area contributed by atoms with Gasteiger partial charge in [-0.15, -0.1) is 0 Å². The average molecular weight is 361 g/mol. The lowest BCUT2D eigenvalue weighted by Crippen LogP contribution is -2.34. The zero-order chi connectivity index (χ0) is 18.8. The molecule has 1 amide bonds. The Hall–Kier alpha value is -2.25. The number of carbonyl (C=O) groups excluding carboxylic acids is 1. The lowest BCUT2D eigenvalue weighted by atomic mass is 9.99. The number of hydrogen-bond donors (Lipinski definition) is 1. The molecule has 2 aromatic rings. The highest BCUT2D eigenvalue weighted by molar-refractivity contribution is 5.94. The van der Waals surface area contributed by atoms with Gasteiger partial charge in [-0.1, -0.05) is 12.1 Å². The molecule has 0 spiro atoms. The fourth-order valence-corrected chi connectivity index (χ4v) is 3.59. The van der Waals surface area contributed by atoms with Crippen molar-refractivity contribution in [1.82, 2.24) is 14.7 Å². The monoisotopic (exact) mass is 361 g/mol. The van der Waals surface area contributed by atoms with Crippen molar-refractivity contribution in [3.05, 3.63) is 52.6 Å². The van der Waals surface area contributed by atoms with Crippen molar-refractivity contribution >= 4 is 5.91 Å². The smallest absolute Gasteiger partial charge is 0.275 e. The number of aliphatic hydroxyl groups is 1. The number of aryl methyl sites for hydroxylation is 1. The highest BCUT2D eigenvalue weighted by Gasteiger charge is 2.32. The molecule has 1 aliphatic rings. The van der Waals surface area contributed by atoms with E-state index in [9.17, 15) is 14.3 Å². The molecule has 2 heterocycles. The summed E-state index contributed by atoms with van der Waals surface area (Å²) in [7, 11) is 1.80. The van der Waals surface area contributed by atoms with Crippen LogP contribution in [0, 0.1) is 5.82 Å². The van der Waals surface area contributed by atoms with Crippen LogP contribution in [0.3, 0.4) is 0 Å². The lowest BCUT2D eigenvalue weighted by molar-refractivity contribution is -0.00907. The summed E-state index contributed by atoms with van der Waals surface area (Å²) in [6.45, 7) is 4.11. The van der Waals surface area contributed by atoms with Crippen LogP contribution in [-0.4, -0.2) is 44.9 Å². The number of ether oxygens (including phenoxy) is 1. The van der Waals surface area contributed by atoms with Crippen LogP contribution in [0.15, 0.2) is 24.3 Å². The summed E-state index contributed by atoms with van der Waals surface area (Å²) in [5.74, 6) is -0.615. The van der Waals surface area contributed by atoms with Crippen LogP contribution >= 0.6 is 0 Å². The van der Waals surface area contributed by atoms with E-state index in [0.717, 1.165) is 11.3 Å². The number of benzene rings is 1. The number of fused-ring (bicyclic) bond motifs is 1. The minimum Gasteiger partial charge on any atom is -0.395 e. The summed E-state index contributed by atoms with van der Waals surface area (Å²) in [5.41, 5.74) is 2.85. The van der Waals surface area contributed by atoms with Gasteiger partial charge in [0, 0.05) is 32.1 Å². The molecule has 7 heteroatoms. The predicted octanol–water partition coefficient (Wildman–Crippen LogP) is 2.22. The van der Waals surface area contributed by atoms with Crippen molar-refractivity contribution in [2.45, 2.75) is 39.0 Å². The van der Waals surface area contributed by atoms with Crippen molar-refractivity contribution in [1.29, 1.82) is 0 Å². The van der Waals surface area contributed by atoms with Gasteiger partial charge in [0.2, 0.25) is 0 Å². The van der Waals surface area contributed by atoms with E-state index < -0.39 is 0 Å². The average Bonchev–Trinajstić information content (AvgIpc) is 2.90. The molecular formula is C19H24FN3O3. The highest BCUT2D eigenvalue weighted by atomic mass is 19.1. The van der Waals surface area contributed by atoms with Gasteiger partial charge in [-0.2, -0.15) is 5.10 Å². The number of hydrogen-bond acceptors (Lipinski definition) is 4. The van der Waals surface area contributed by atoms with Gasteiger partial charge in [0.15, 0.2) is 5.69 Å². The second kappa shape index (κ2) is 7.55. The quantitative estimate of drug-likeness (QED) is 0.887. The Morgan fingerprint density at radius 3 is 2.92 bits per heavy atom. The van der Waals surface area contributed by atoms with E-state index >= 15 is 0 Å². The zero-order valence-electron chi connectivity index (χ0n) is 15.3. The molecule has 0 unspecified atom stereocenters. The summed E-state index contributed by atoms with van der Waals surface area (Å²) < 4.78 is 21.0. The van der Waals surface area contributed by atoms with Gasteiger partial charge < -0.3 is 14.7 Å². The molecule has 1 aromatic heterocycles. The Balaban J connectivity index is 1.92. The van der Waals surface area contributed by atoms with Gasteiger partial charge in [-0.05, 0) is 31.5 Å². The van der Waals surface area contributed by atoms with E-state index in [1.54, 1.807) is 23.9 Å².